The van der Waals surface area contributed by atoms with Gasteiger partial charge in [-0.05, 0) is 122 Å². The maximum absolute atomic E-state index is 13.6. The Labute approximate surface area is 298 Å². The summed E-state index contributed by atoms with van der Waals surface area (Å²) in [5.74, 6) is -0.466. The summed E-state index contributed by atoms with van der Waals surface area (Å²) in [5.41, 5.74) is 2.16. The van der Waals surface area contributed by atoms with Gasteiger partial charge in [0.15, 0.2) is 0 Å². The van der Waals surface area contributed by atoms with Crippen molar-refractivity contribution in [2.75, 3.05) is 13.7 Å². The number of amides is 2. The molecular formula is C42H58N2O6. The Kier molecular flexibility index (Phi) is 7.47. The monoisotopic (exact) mass is 686 g/mol. The highest BCUT2D eigenvalue weighted by molar-refractivity contribution is 6.08. The minimum absolute atomic E-state index is 0.00386. The van der Waals surface area contributed by atoms with Gasteiger partial charge in [-0.15, -0.1) is 0 Å². The first-order valence-corrected chi connectivity index (χ1v) is 19.5. The van der Waals surface area contributed by atoms with E-state index in [2.05, 4.69) is 71.8 Å². The van der Waals surface area contributed by atoms with E-state index >= 15 is 0 Å². The van der Waals surface area contributed by atoms with Gasteiger partial charge in [-0.25, -0.2) is 4.79 Å². The maximum Gasteiger partial charge on any atom is 0.354 e. The highest BCUT2D eigenvalue weighted by Crippen LogP contribution is 2.75. The van der Waals surface area contributed by atoms with Crippen LogP contribution in [-0.2, 0) is 28.8 Å². The van der Waals surface area contributed by atoms with Crippen LogP contribution >= 0.6 is 0 Å². The van der Waals surface area contributed by atoms with Crippen molar-refractivity contribution < 1.29 is 28.8 Å². The van der Waals surface area contributed by atoms with E-state index in [1.165, 1.54) is 5.57 Å². The zero-order chi connectivity index (χ0) is 35.8. The summed E-state index contributed by atoms with van der Waals surface area (Å²) in [5, 5.41) is 4.51. The van der Waals surface area contributed by atoms with Gasteiger partial charge in [-0.2, -0.15) is 0 Å². The zero-order valence-corrected chi connectivity index (χ0v) is 31.6. The molecule has 0 aromatic rings. The van der Waals surface area contributed by atoms with Crippen LogP contribution in [0.4, 0.5) is 0 Å². The molecule has 5 saturated carbocycles. The standard InChI is InChI=1S/C42H58N2O6/c1-37(2)17-19-42(36(48)49-8)20-18-40(6)26(27(42)22-37)11-12-29-39(5)15-14-30(38(3,4)28(39)13-16-41(29,40)7)43-50-31(45)23-44-34(46)32-24-9-10-25(21-24)33(32)35(44)47/h9-11,24-25,27-29,32-33H,12-23H2,1-8H3/b43-30-/t24-,25-,27+,28+,29+,32+,33+,39-,40+,41+,42-/m0/s1. The van der Waals surface area contributed by atoms with E-state index in [9.17, 15) is 19.2 Å². The number of nitrogens with zero attached hydrogens (tertiary/aromatic N) is 2. The Morgan fingerprint density at radius 2 is 1.54 bits per heavy atom. The first-order valence-electron chi connectivity index (χ1n) is 19.5. The van der Waals surface area contributed by atoms with Crippen molar-refractivity contribution in [1.29, 1.82) is 0 Å². The lowest BCUT2D eigenvalue weighted by Gasteiger charge is -2.70. The van der Waals surface area contributed by atoms with Crippen LogP contribution in [0, 0.1) is 73.9 Å². The molecule has 1 saturated heterocycles. The molecule has 8 rings (SSSR count). The highest BCUT2D eigenvalue weighted by atomic mass is 16.7. The van der Waals surface area contributed by atoms with Gasteiger partial charge in [0, 0.05) is 5.41 Å². The molecule has 0 N–H and O–H groups in total. The number of likely N-dealkylation sites (tertiary alicyclic amines) is 1. The number of imide groups is 1. The van der Waals surface area contributed by atoms with Gasteiger partial charge in [-0.1, -0.05) is 77.4 Å². The number of carbonyl (C=O) groups excluding carboxylic acids is 4. The van der Waals surface area contributed by atoms with E-state index in [1.54, 1.807) is 7.11 Å². The van der Waals surface area contributed by atoms with Crippen molar-refractivity contribution in [3.63, 3.8) is 0 Å². The van der Waals surface area contributed by atoms with Crippen molar-refractivity contribution in [2.45, 2.75) is 119 Å². The summed E-state index contributed by atoms with van der Waals surface area (Å²) >= 11 is 0. The third kappa shape index (κ3) is 4.37. The summed E-state index contributed by atoms with van der Waals surface area (Å²) in [6.45, 7) is 16.5. The average molecular weight is 687 g/mol. The fraction of sp³-hybridized carbons (Fsp3) is 0.786. The van der Waals surface area contributed by atoms with Gasteiger partial charge >= 0.3 is 11.9 Å². The number of carbonyl (C=O) groups is 4. The molecule has 0 radical (unpaired) electrons. The molecule has 50 heavy (non-hydrogen) atoms. The number of ether oxygens (including phenoxy) is 1. The molecule has 2 bridgehead atoms. The Morgan fingerprint density at radius 1 is 0.880 bits per heavy atom. The lowest BCUT2D eigenvalue weighted by Crippen LogP contribution is -2.64. The molecule has 8 aliphatic rings. The minimum Gasteiger partial charge on any atom is -0.469 e. The van der Waals surface area contributed by atoms with Crippen LogP contribution in [0.15, 0.2) is 29.0 Å². The van der Waals surface area contributed by atoms with E-state index in [0.29, 0.717) is 11.8 Å². The molecule has 1 heterocycles. The molecule has 1 aliphatic heterocycles. The second-order valence-corrected chi connectivity index (χ2v) is 19.8. The second-order valence-electron chi connectivity index (χ2n) is 19.8. The molecule has 272 valence electrons. The van der Waals surface area contributed by atoms with Gasteiger partial charge < -0.3 is 9.57 Å². The Balaban J connectivity index is 1.01. The van der Waals surface area contributed by atoms with Crippen molar-refractivity contribution in [3.05, 3.63) is 23.8 Å². The van der Waals surface area contributed by atoms with Crippen molar-refractivity contribution in [1.82, 2.24) is 4.90 Å². The number of allylic oxidation sites excluding steroid dienone is 4. The Hall–Kier alpha value is -2.77. The van der Waals surface area contributed by atoms with Crippen molar-refractivity contribution in [2.24, 2.45) is 79.1 Å². The third-order valence-electron chi connectivity index (χ3n) is 17.1. The molecule has 8 nitrogen and oxygen atoms in total. The van der Waals surface area contributed by atoms with E-state index in [0.717, 1.165) is 81.2 Å². The molecule has 7 aliphatic carbocycles. The molecule has 2 amide bonds. The molecule has 0 aromatic heterocycles. The van der Waals surface area contributed by atoms with Crippen LogP contribution in [0.1, 0.15) is 119 Å². The fourth-order valence-corrected chi connectivity index (χ4v) is 14.2. The van der Waals surface area contributed by atoms with Crippen LogP contribution in [-0.4, -0.2) is 48.0 Å². The summed E-state index contributed by atoms with van der Waals surface area (Å²) in [6, 6.07) is 0. The van der Waals surface area contributed by atoms with Crippen LogP contribution < -0.4 is 0 Å². The number of hydrogen-bond donors (Lipinski definition) is 0. The molecule has 0 aromatic carbocycles. The van der Waals surface area contributed by atoms with E-state index in [1.807, 2.05) is 0 Å². The normalized spacial score (nSPS) is 47.1. The fourth-order valence-electron chi connectivity index (χ4n) is 14.2. The van der Waals surface area contributed by atoms with Gasteiger partial charge in [0.1, 0.15) is 6.54 Å². The second kappa shape index (κ2) is 10.9. The lowest BCUT2D eigenvalue weighted by molar-refractivity contribution is -0.181. The summed E-state index contributed by atoms with van der Waals surface area (Å²) < 4.78 is 5.54. The van der Waals surface area contributed by atoms with Gasteiger partial charge in [0.2, 0.25) is 11.8 Å². The number of methoxy groups -OCH3 is 1. The number of oxime groups is 1. The predicted molar refractivity (Wildman–Crippen MR) is 189 cm³/mol. The van der Waals surface area contributed by atoms with Crippen LogP contribution in [0.3, 0.4) is 0 Å². The van der Waals surface area contributed by atoms with Gasteiger partial charge in [0.25, 0.3) is 0 Å². The maximum atomic E-state index is 13.6. The summed E-state index contributed by atoms with van der Waals surface area (Å²) in [4.78, 5) is 59.6. The summed E-state index contributed by atoms with van der Waals surface area (Å²) in [7, 11) is 1.57. The summed E-state index contributed by atoms with van der Waals surface area (Å²) in [6.07, 6.45) is 17.4. The quantitative estimate of drug-likeness (QED) is 0.0989. The molecular weight excluding hydrogens is 628 g/mol. The van der Waals surface area contributed by atoms with Crippen molar-refractivity contribution in [3.8, 4) is 0 Å². The van der Waals surface area contributed by atoms with E-state index in [-0.39, 0.29) is 81.0 Å². The molecule has 0 unspecified atom stereocenters. The predicted octanol–water partition coefficient (Wildman–Crippen LogP) is 7.67. The molecule has 8 heteroatoms. The van der Waals surface area contributed by atoms with Gasteiger partial charge in [0.05, 0.1) is 30.1 Å². The van der Waals surface area contributed by atoms with E-state index in [4.69, 9.17) is 9.57 Å². The topological polar surface area (TPSA) is 102 Å². The Morgan fingerprint density at radius 3 is 2.20 bits per heavy atom. The largest absolute Gasteiger partial charge is 0.469 e. The van der Waals surface area contributed by atoms with E-state index < -0.39 is 11.4 Å². The SMILES string of the molecule is COC(=O)[C@]12CCC(C)(C)C[C@@H]1C1=CC[C@@H]3[C@@]4(C)CC/C(=N/OC(=O)CN5C(=O)[C@H]6[C@H](C5=O)[C@H]5C=C[C@H]6C5)C(C)(C)[C@H]4CC[C@@]3(C)[C@]1(C)CC2. The van der Waals surface area contributed by atoms with Crippen molar-refractivity contribution >= 4 is 29.5 Å². The van der Waals surface area contributed by atoms with Crippen LogP contribution in [0.2, 0.25) is 0 Å². The van der Waals surface area contributed by atoms with Crippen LogP contribution in [0.5, 0.6) is 0 Å². The number of hydrogen-bond acceptors (Lipinski definition) is 7. The third-order valence-corrected chi connectivity index (χ3v) is 17.1. The smallest absolute Gasteiger partial charge is 0.354 e. The van der Waals surface area contributed by atoms with Crippen LogP contribution in [0.25, 0.3) is 0 Å². The molecule has 11 atom stereocenters. The number of fused-ring (bicyclic) bond motifs is 12. The first kappa shape index (κ1) is 34.3. The minimum atomic E-state index is -0.649. The lowest BCUT2D eigenvalue weighted by atomic mass is 9.33. The highest BCUT2D eigenvalue weighted by Gasteiger charge is 2.69. The number of rotatable bonds is 4. The first-order chi connectivity index (χ1) is 23.4. The Bertz CT molecular complexity index is 1610. The zero-order valence-electron chi connectivity index (χ0n) is 31.6. The van der Waals surface area contributed by atoms with Gasteiger partial charge in [-0.3, -0.25) is 19.3 Å². The average Bonchev–Trinajstić information content (AvgIpc) is 3.74. The molecule has 6 fully saturated rings. The number of esters is 1. The molecule has 0 spiro atoms.